The Morgan fingerprint density at radius 1 is 1.14 bits per heavy atom. The minimum absolute atomic E-state index is 0.0531. The average molecular weight is 398 g/mol. The molecule has 3 heterocycles. The van der Waals surface area contributed by atoms with Crippen molar-refractivity contribution in [1.29, 1.82) is 0 Å². The predicted octanol–water partition coefficient (Wildman–Crippen LogP) is 4.44. The topological polar surface area (TPSA) is 51.9 Å². The zero-order chi connectivity index (χ0) is 19.1. The van der Waals surface area contributed by atoms with E-state index in [9.17, 15) is 4.79 Å². The monoisotopic (exact) mass is 397 g/mol. The molecular weight excluding hydrogens is 378 g/mol. The Labute approximate surface area is 167 Å². The molecule has 0 N–H and O–H groups in total. The van der Waals surface area contributed by atoms with Gasteiger partial charge in [0.25, 0.3) is 0 Å². The number of hydrogen-bond acceptors (Lipinski definition) is 5. The van der Waals surface area contributed by atoms with Crippen molar-refractivity contribution in [2.24, 2.45) is 0 Å². The van der Waals surface area contributed by atoms with E-state index in [-0.39, 0.29) is 11.5 Å². The lowest BCUT2D eigenvalue weighted by molar-refractivity contribution is 0.0281. The molecule has 3 aromatic rings. The zero-order valence-electron chi connectivity index (χ0n) is 15.3. The maximum atomic E-state index is 13.1. The van der Waals surface area contributed by atoms with Crippen molar-refractivity contribution in [3.63, 3.8) is 0 Å². The van der Waals surface area contributed by atoms with E-state index in [4.69, 9.17) is 25.5 Å². The van der Waals surface area contributed by atoms with Crippen LogP contribution in [0.1, 0.15) is 18.4 Å². The summed E-state index contributed by atoms with van der Waals surface area (Å²) in [4.78, 5) is 15.3. The van der Waals surface area contributed by atoms with Crippen molar-refractivity contribution in [2.45, 2.75) is 25.5 Å². The molecule has 5 rings (SSSR count). The largest absolute Gasteiger partial charge is 0.478 e. The molecule has 6 heteroatoms. The molecule has 1 unspecified atom stereocenters. The Hall–Kier alpha value is -2.34. The molecular formula is C22H20ClNO4. The molecule has 1 saturated heterocycles. The summed E-state index contributed by atoms with van der Waals surface area (Å²) in [6, 6.07) is 10.8. The number of fused-ring (bicyclic) bond motifs is 3. The van der Waals surface area contributed by atoms with E-state index in [1.54, 1.807) is 18.2 Å². The Morgan fingerprint density at radius 2 is 2.00 bits per heavy atom. The zero-order valence-corrected chi connectivity index (χ0v) is 16.1. The SMILES string of the molecule is O=c1c(-c2ccc(Cl)cc2)coc2c3c(ccc12)OCN(CC1CCCO1)C3. The van der Waals surface area contributed by atoms with Crippen LogP contribution in [0, 0.1) is 0 Å². The summed E-state index contributed by atoms with van der Waals surface area (Å²) in [6.45, 7) is 2.85. The van der Waals surface area contributed by atoms with Crippen molar-refractivity contribution in [2.75, 3.05) is 19.9 Å². The average Bonchev–Trinajstić information content (AvgIpc) is 3.22. The Balaban J connectivity index is 1.51. The molecule has 2 aliphatic rings. The highest BCUT2D eigenvalue weighted by molar-refractivity contribution is 6.30. The number of hydrogen-bond donors (Lipinski definition) is 0. The molecule has 0 bridgehead atoms. The second-order valence-corrected chi connectivity index (χ2v) is 7.76. The first-order valence-electron chi connectivity index (χ1n) is 9.49. The molecule has 5 nitrogen and oxygen atoms in total. The number of nitrogens with zero attached hydrogens (tertiary/aromatic N) is 1. The van der Waals surface area contributed by atoms with Crippen LogP contribution in [0.15, 0.2) is 51.9 Å². The molecule has 0 spiro atoms. The van der Waals surface area contributed by atoms with Crippen molar-refractivity contribution >= 4 is 22.6 Å². The van der Waals surface area contributed by atoms with Crippen LogP contribution < -0.4 is 10.2 Å². The normalized spacial score (nSPS) is 19.5. The van der Waals surface area contributed by atoms with Crippen LogP contribution in [0.25, 0.3) is 22.1 Å². The highest BCUT2D eigenvalue weighted by Gasteiger charge is 2.26. The summed E-state index contributed by atoms with van der Waals surface area (Å²) in [5.41, 5.74) is 2.77. The molecule has 144 valence electrons. The first-order valence-corrected chi connectivity index (χ1v) is 9.87. The van der Waals surface area contributed by atoms with Gasteiger partial charge in [-0.3, -0.25) is 9.69 Å². The van der Waals surface area contributed by atoms with E-state index < -0.39 is 0 Å². The lowest BCUT2D eigenvalue weighted by atomic mass is 10.0. The number of ether oxygens (including phenoxy) is 2. The second kappa shape index (κ2) is 7.24. The minimum Gasteiger partial charge on any atom is -0.478 e. The van der Waals surface area contributed by atoms with Crippen molar-refractivity contribution < 1.29 is 13.9 Å². The summed E-state index contributed by atoms with van der Waals surface area (Å²) in [7, 11) is 0. The fourth-order valence-electron chi connectivity index (χ4n) is 3.98. The van der Waals surface area contributed by atoms with E-state index >= 15 is 0 Å². The summed E-state index contributed by atoms with van der Waals surface area (Å²) in [5.74, 6) is 0.776. The molecule has 28 heavy (non-hydrogen) atoms. The van der Waals surface area contributed by atoms with Gasteiger partial charge in [-0.15, -0.1) is 0 Å². The van der Waals surface area contributed by atoms with Crippen LogP contribution >= 0.6 is 11.6 Å². The summed E-state index contributed by atoms with van der Waals surface area (Å²) in [5, 5.41) is 1.19. The maximum Gasteiger partial charge on any atom is 0.200 e. The van der Waals surface area contributed by atoms with Crippen LogP contribution in [0.4, 0.5) is 0 Å². The fraction of sp³-hybridized carbons (Fsp3) is 0.318. The van der Waals surface area contributed by atoms with Gasteiger partial charge in [0, 0.05) is 24.7 Å². The van der Waals surface area contributed by atoms with E-state index in [1.165, 1.54) is 6.26 Å². The molecule has 0 amide bonds. The van der Waals surface area contributed by atoms with E-state index in [0.717, 1.165) is 42.9 Å². The molecule has 2 aliphatic heterocycles. The molecule has 1 aromatic heterocycles. The van der Waals surface area contributed by atoms with Crippen molar-refractivity contribution in [1.82, 2.24) is 4.90 Å². The van der Waals surface area contributed by atoms with Crippen molar-refractivity contribution in [3.05, 3.63) is 63.5 Å². The highest BCUT2D eigenvalue weighted by atomic mass is 35.5. The van der Waals surface area contributed by atoms with E-state index in [1.807, 2.05) is 18.2 Å². The Bertz CT molecular complexity index is 1070. The van der Waals surface area contributed by atoms with Gasteiger partial charge in [0.1, 0.15) is 24.3 Å². The smallest absolute Gasteiger partial charge is 0.200 e. The molecule has 0 saturated carbocycles. The van der Waals surface area contributed by atoms with Crippen LogP contribution in [0.3, 0.4) is 0 Å². The highest BCUT2D eigenvalue weighted by Crippen LogP contribution is 2.33. The van der Waals surface area contributed by atoms with Crippen molar-refractivity contribution in [3.8, 4) is 16.9 Å². The van der Waals surface area contributed by atoms with Crippen LogP contribution in [0.2, 0.25) is 5.02 Å². The lowest BCUT2D eigenvalue weighted by Crippen LogP contribution is -2.37. The first-order chi connectivity index (χ1) is 13.7. The third-order valence-electron chi connectivity index (χ3n) is 5.43. The summed E-state index contributed by atoms with van der Waals surface area (Å²) in [6.07, 6.45) is 3.98. The molecule has 1 fully saturated rings. The number of benzene rings is 2. The second-order valence-electron chi connectivity index (χ2n) is 7.32. The van der Waals surface area contributed by atoms with Crippen LogP contribution in [0.5, 0.6) is 5.75 Å². The number of halogens is 1. The van der Waals surface area contributed by atoms with Gasteiger partial charge in [-0.1, -0.05) is 23.7 Å². The molecule has 0 aliphatic carbocycles. The fourth-order valence-corrected chi connectivity index (χ4v) is 4.10. The van der Waals surface area contributed by atoms with E-state index in [0.29, 0.717) is 34.8 Å². The third-order valence-corrected chi connectivity index (χ3v) is 5.68. The van der Waals surface area contributed by atoms with E-state index in [2.05, 4.69) is 4.90 Å². The van der Waals surface area contributed by atoms with Gasteiger partial charge in [-0.05, 0) is 42.7 Å². The van der Waals surface area contributed by atoms with Gasteiger partial charge in [0.15, 0.2) is 0 Å². The lowest BCUT2D eigenvalue weighted by Gasteiger charge is -2.30. The first kappa shape index (κ1) is 17.7. The Morgan fingerprint density at radius 3 is 2.79 bits per heavy atom. The van der Waals surface area contributed by atoms with Gasteiger partial charge in [0.05, 0.1) is 22.6 Å². The van der Waals surface area contributed by atoms with Gasteiger partial charge in [0.2, 0.25) is 5.43 Å². The number of rotatable bonds is 3. The summed E-state index contributed by atoms with van der Waals surface area (Å²) >= 11 is 5.96. The minimum atomic E-state index is -0.0531. The quantitative estimate of drug-likeness (QED) is 0.653. The van der Waals surface area contributed by atoms with Gasteiger partial charge >= 0.3 is 0 Å². The molecule has 1 atom stereocenters. The van der Waals surface area contributed by atoms with Crippen LogP contribution in [-0.2, 0) is 11.3 Å². The van der Waals surface area contributed by atoms with Gasteiger partial charge < -0.3 is 13.9 Å². The van der Waals surface area contributed by atoms with Gasteiger partial charge in [-0.25, -0.2) is 0 Å². The van der Waals surface area contributed by atoms with Crippen LogP contribution in [-0.4, -0.2) is 30.9 Å². The molecule has 2 aromatic carbocycles. The maximum absolute atomic E-state index is 13.1. The van der Waals surface area contributed by atoms with Gasteiger partial charge in [-0.2, -0.15) is 0 Å². The Kier molecular flexibility index (Phi) is 4.59. The summed E-state index contributed by atoms with van der Waals surface area (Å²) < 4.78 is 17.6. The molecule has 0 radical (unpaired) electrons. The standard InChI is InChI=1S/C22H20ClNO4/c23-15-5-3-14(4-6-15)19-12-27-22-17(21(19)25)7-8-20-18(22)11-24(13-28-20)10-16-2-1-9-26-16/h3-8,12,16H,1-2,9-11,13H2. The predicted molar refractivity (Wildman–Crippen MR) is 108 cm³/mol. The third kappa shape index (κ3) is 3.20.